The number of hydrogen-bond acceptors (Lipinski definition) is 4. The minimum Gasteiger partial charge on any atom is -0.342 e. The average Bonchev–Trinajstić information content (AvgIpc) is 3.09. The van der Waals surface area contributed by atoms with E-state index in [9.17, 15) is 4.39 Å². The van der Waals surface area contributed by atoms with Gasteiger partial charge in [0.2, 0.25) is 5.16 Å². The number of para-hydroxylation sites is 1. The lowest BCUT2D eigenvalue weighted by molar-refractivity contribution is -0.670. The van der Waals surface area contributed by atoms with Crippen LogP contribution in [0.25, 0.3) is 5.69 Å². The first-order valence-electron chi connectivity index (χ1n) is 7.97. The van der Waals surface area contributed by atoms with Gasteiger partial charge in [0.05, 0.1) is 22.8 Å². The maximum absolute atomic E-state index is 13.7. The molecule has 1 aromatic heterocycles. The minimum absolute atomic E-state index is 0.250. The highest BCUT2D eigenvalue weighted by atomic mass is 35.5. The molecule has 5 nitrogen and oxygen atoms in total. The molecule has 1 heterocycles. The Kier molecular flexibility index (Phi) is 6.38. The van der Waals surface area contributed by atoms with Crippen molar-refractivity contribution >= 4 is 23.4 Å². The largest absolute Gasteiger partial charge is 0.342 e. The van der Waals surface area contributed by atoms with E-state index in [0.717, 1.165) is 29.6 Å². The summed E-state index contributed by atoms with van der Waals surface area (Å²) in [7, 11) is 0. The molecule has 0 amide bonds. The lowest BCUT2D eigenvalue weighted by Gasteiger charge is -2.06. The van der Waals surface area contributed by atoms with Crippen LogP contribution in [0, 0.1) is 5.82 Å². The molecular weight excluding hydrogens is 361 g/mol. The van der Waals surface area contributed by atoms with E-state index in [4.69, 9.17) is 11.6 Å². The van der Waals surface area contributed by atoms with Crippen LogP contribution in [0.3, 0.4) is 0 Å². The Morgan fingerprint density at radius 1 is 1.12 bits per heavy atom. The number of nitrogens with two attached hydrogens (primary N) is 1. The first-order chi connectivity index (χ1) is 12.3. The summed E-state index contributed by atoms with van der Waals surface area (Å²) in [6, 6.07) is 14.6. The Labute approximate surface area is 154 Å². The van der Waals surface area contributed by atoms with E-state index in [2.05, 4.69) is 20.8 Å². The smallest absolute Gasteiger partial charge is 0.214 e. The molecule has 0 saturated carbocycles. The van der Waals surface area contributed by atoms with Gasteiger partial charge in [-0.25, -0.2) is 4.39 Å². The molecule has 25 heavy (non-hydrogen) atoms. The third-order valence-corrected chi connectivity index (χ3v) is 5.00. The molecule has 2 N–H and O–H groups in total. The van der Waals surface area contributed by atoms with Crippen LogP contribution >= 0.6 is 23.4 Å². The van der Waals surface area contributed by atoms with E-state index in [0.29, 0.717) is 17.1 Å². The van der Waals surface area contributed by atoms with Crippen LogP contribution in [0.2, 0.25) is 5.02 Å². The van der Waals surface area contributed by atoms with Crippen molar-refractivity contribution in [2.75, 3.05) is 12.3 Å². The first-order valence-corrected chi connectivity index (χ1v) is 9.33. The number of rotatable bonds is 8. The average molecular weight is 379 g/mol. The lowest BCUT2D eigenvalue weighted by atomic mass is 10.2. The van der Waals surface area contributed by atoms with Gasteiger partial charge in [0.15, 0.2) is 0 Å². The second-order valence-corrected chi connectivity index (χ2v) is 6.86. The normalized spacial score (nSPS) is 11.0. The summed E-state index contributed by atoms with van der Waals surface area (Å²) in [5.74, 6) is 0.634. The Morgan fingerprint density at radius 2 is 1.96 bits per heavy atom. The molecular formula is C17H18ClFN5S+. The second-order valence-electron chi connectivity index (χ2n) is 5.39. The van der Waals surface area contributed by atoms with Gasteiger partial charge >= 0.3 is 0 Å². The van der Waals surface area contributed by atoms with Gasteiger partial charge in [-0.05, 0) is 34.7 Å². The van der Waals surface area contributed by atoms with Gasteiger partial charge in [0, 0.05) is 12.2 Å². The first kappa shape index (κ1) is 17.8. The van der Waals surface area contributed by atoms with E-state index in [1.165, 1.54) is 6.07 Å². The van der Waals surface area contributed by atoms with Gasteiger partial charge in [-0.3, -0.25) is 0 Å². The second kappa shape index (κ2) is 8.94. The number of benzene rings is 2. The third-order valence-electron chi connectivity index (χ3n) is 3.64. The highest BCUT2D eigenvalue weighted by molar-refractivity contribution is 7.99. The maximum Gasteiger partial charge on any atom is 0.214 e. The highest BCUT2D eigenvalue weighted by Crippen LogP contribution is 2.19. The predicted molar refractivity (Wildman–Crippen MR) is 96.4 cm³/mol. The molecule has 0 bridgehead atoms. The summed E-state index contributed by atoms with van der Waals surface area (Å²) in [4.78, 5) is 0. The van der Waals surface area contributed by atoms with E-state index < -0.39 is 0 Å². The molecule has 0 spiro atoms. The van der Waals surface area contributed by atoms with E-state index >= 15 is 0 Å². The van der Waals surface area contributed by atoms with E-state index in [1.807, 2.05) is 30.3 Å². The molecule has 0 aliphatic carbocycles. The van der Waals surface area contributed by atoms with Crippen molar-refractivity contribution in [3.8, 4) is 5.69 Å². The Bertz CT molecular complexity index is 792. The fraction of sp³-hybridized carbons (Fsp3) is 0.235. The van der Waals surface area contributed by atoms with Crippen LogP contribution in [0.1, 0.15) is 12.0 Å². The van der Waals surface area contributed by atoms with E-state index in [1.54, 1.807) is 28.6 Å². The molecule has 2 aromatic carbocycles. The molecule has 3 rings (SSSR count). The molecule has 0 fully saturated rings. The Hall–Kier alpha value is -1.96. The number of thioether (sulfide) groups is 1. The number of aromatic nitrogens is 4. The number of halogens is 2. The summed E-state index contributed by atoms with van der Waals surface area (Å²) < 4.78 is 15.4. The Balaban J connectivity index is 1.43. The van der Waals surface area contributed by atoms with Crippen LogP contribution in [-0.2, 0) is 6.54 Å². The molecule has 3 aromatic rings. The minimum atomic E-state index is -0.250. The van der Waals surface area contributed by atoms with Crippen LogP contribution in [0.5, 0.6) is 0 Å². The number of hydrogen-bond donors (Lipinski definition) is 1. The lowest BCUT2D eigenvalue weighted by Crippen LogP contribution is -2.82. The number of tetrazole rings is 1. The van der Waals surface area contributed by atoms with Gasteiger partial charge in [-0.2, -0.15) is 4.68 Å². The SMILES string of the molecule is Fc1cccc(Cl)c1C[NH2+]CCCSc1nnnn1-c1ccccc1. The van der Waals surface area contributed by atoms with Crippen molar-refractivity contribution in [3.63, 3.8) is 0 Å². The molecule has 8 heteroatoms. The van der Waals surface area contributed by atoms with Crippen LogP contribution in [-0.4, -0.2) is 32.5 Å². The predicted octanol–water partition coefficient (Wildman–Crippen LogP) is 2.70. The fourth-order valence-electron chi connectivity index (χ4n) is 2.37. The van der Waals surface area contributed by atoms with Gasteiger partial charge in [-0.15, -0.1) is 5.10 Å². The number of quaternary nitrogens is 1. The topological polar surface area (TPSA) is 60.2 Å². The quantitative estimate of drug-likeness (QED) is 0.483. The van der Waals surface area contributed by atoms with Gasteiger partial charge in [0.25, 0.3) is 0 Å². The van der Waals surface area contributed by atoms with Gasteiger partial charge in [-0.1, -0.05) is 47.6 Å². The zero-order chi connectivity index (χ0) is 17.5. The molecule has 0 aliphatic rings. The van der Waals surface area contributed by atoms with Crippen molar-refractivity contribution < 1.29 is 9.71 Å². The van der Waals surface area contributed by atoms with Crippen LogP contribution in [0.15, 0.2) is 53.7 Å². The molecule has 0 atom stereocenters. The van der Waals surface area contributed by atoms with Crippen molar-refractivity contribution in [3.05, 3.63) is 64.9 Å². The maximum atomic E-state index is 13.7. The van der Waals surface area contributed by atoms with E-state index in [-0.39, 0.29) is 5.82 Å². The molecule has 0 aliphatic heterocycles. The summed E-state index contributed by atoms with van der Waals surface area (Å²) >= 11 is 7.63. The van der Waals surface area contributed by atoms with Crippen molar-refractivity contribution in [2.45, 2.75) is 18.1 Å². The Morgan fingerprint density at radius 3 is 2.76 bits per heavy atom. The zero-order valence-electron chi connectivity index (χ0n) is 13.5. The van der Waals surface area contributed by atoms with Gasteiger partial charge in [0.1, 0.15) is 12.4 Å². The summed E-state index contributed by atoms with van der Waals surface area (Å²) in [5.41, 5.74) is 1.50. The summed E-state index contributed by atoms with van der Waals surface area (Å²) in [6.45, 7) is 1.42. The van der Waals surface area contributed by atoms with Gasteiger partial charge < -0.3 is 5.32 Å². The zero-order valence-corrected chi connectivity index (χ0v) is 15.1. The third kappa shape index (κ3) is 4.78. The fourth-order valence-corrected chi connectivity index (χ4v) is 3.46. The molecule has 130 valence electrons. The molecule has 0 radical (unpaired) electrons. The monoisotopic (exact) mass is 378 g/mol. The van der Waals surface area contributed by atoms with Crippen molar-refractivity contribution in [2.24, 2.45) is 0 Å². The molecule has 0 unspecified atom stereocenters. The van der Waals surface area contributed by atoms with Crippen molar-refractivity contribution in [1.29, 1.82) is 0 Å². The summed E-state index contributed by atoms with van der Waals surface area (Å²) in [5, 5.41) is 15.2. The van der Waals surface area contributed by atoms with Crippen LogP contribution < -0.4 is 5.32 Å². The van der Waals surface area contributed by atoms with Crippen molar-refractivity contribution in [1.82, 2.24) is 20.2 Å². The summed E-state index contributed by atoms with van der Waals surface area (Å²) in [6.07, 6.45) is 0.957. The standard InChI is InChI=1S/C17H17ClFN5S/c18-15-8-4-9-16(19)14(15)12-20-10-5-11-25-17-21-22-23-24(17)13-6-2-1-3-7-13/h1-4,6-9,20H,5,10-12H2/p+1. The number of nitrogens with zero attached hydrogens (tertiary/aromatic N) is 4. The highest BCUT2D eigenvalue weighted by Gasteiger charge is 2.10. The molecule has 0 saturated heterocycles. The van der Waals surface area contributed by atoms with Crippen LogP contribution in [0.4, 0.5) is 4.39 Å².